The zero-order chi connectivity index (χ0) is 19.9. The van der Waals surface area contributed by atoms with E-state index in [0.717, 1.165) is 19.3 Å². The summed E-state index contributed by atoms with van der Waals surface area (Å²) in [7, 11) is 0. The highest BCUT2D eigenvalue weighted by atomic mass is 16.5. The number of carbonyl (C=O) groups is 4. The normalized spacial score (nSPS) is 23.3. The molecular formula is C20H23N3O5. The van der Waals surface area contributed by atoms with Gasteiger partial charge in [0.1, 0.15) is 0 Å². The lowest BCUT2D eigenvalue weighted by Crippen LogP contribution is -2.69. The van der Waals surface area contributed by atoms with Crippen molar-refractivity contribution >= 4 is 29.4 Å². The molecule has 8 heteroatoms. The van der Waals surface area contributed by atoms with Gasteiger partial charge in [0.05, 0.1) is 11.3 Å². The van der Waals surface area contributed by atoms with Crippen molar-refractivity contribution in [3.63, 3.8) is 0 Å². The Hall–Kier alpha value is -2.90. The van der Waals surface area contributed by atoms with Crippen LogP contribution in [0.15, 0.2) is 24.3 Å². The second-order valence-corrected chi connectivity index (χ2v) is 7.40. The summed E-state index contributed by atoms with van der Waals surface area (Å²) in [6.07, 6.45) is 2.64. The Balaban J connectivity index is 1.70. The fourth-order valence-electron chi connectivity index (χ4n) is 4.07. The summed E-state index contributed by atoms with van der Waals surface area (Å²) in [5.74, 6) is -1.61. The molecule has 1 aliphatic carbocycles. The number of hydrogen-bond acceptors (Lipinski definition) is 5. The summed E-state index contributed by atoms with van der Waals surface area (Å²) >= 11 is 0. The predicted molar refractivity (Wildman–Crippen MR) is 99.3 cm³/mol. The van der Waals surface area contributed by atoms with Gasteiger partial charge in [-0.3, -0.25) is 19.3 Å². The SMILES string of the molecule is CCCNC(=O)COC(=O)[C@@]12CCC(=O)N1c1ccccc1C(=O)N2C1CC1. The van der Waals surface area contributed by atoms with Gasteiger partial charge in [0.25, 0.3) is 11.8 Å². The van der Waals surface area contributed by atoms with Gasteiger partial charge in [-0.05, 0) is 31.4 Å². The third-order valence-corrected chi connectivity index (χ3v) is 5.44. The minimum atomic E-state index is -1.51. The van der Waals surface area contributed by atoms with Crippen molar-refractivity contribution in [2.24, 2.45) is 0 Å². The van der Waals surface area contributed by atoms with E-state index in [-0.39, 0.29) is 30.7 Å². The van der Waals surface area contributed by atoms with E-state index in [4.69, 9.17) is 4.74 Å². The summed E-state index contributed by atoms with van der Waals surface area (Å²) in [5.41, 5.74) is -0.664. The lowest BCUT2D eigenvalue weighted by Gasteiger charge is -2.48. The van der Waals surface area contributed by atoms with Crippen LogP contribution in [0.2, 0.25) is 0 Å². The van der Waals surface area contributed by atoms with Gasteiger partial charge in [-0.25, -0.2) is 4.79 Å². The summed E-state index contributed by atoms with van der Waals surface area (Å²) in [4.78, 5) is 54.0. The second-order valence-electron chi connectivity index (χ2n) is 7.40. The van der Waals surface area contributed by atoms with E-state index in [1.807, 2.05) is 6.92 Å². The molecular weight excluding hydrogens is 362 g/mol. The summed E-state index contributed by atoms with van der Waals surface area (Å²) in [5, 5.41) is 2.65. The molecule has 28 heavy (non-hydrogen) atoms. The highest BCUT2D eigenvalue weighted by Crippen LogP contribution is 2.49. The number of hydrogen-bond donors (Lipinski definition) is 1. The molecule has 3 amide bonds. The molecule has 1 atom stereocenters. The smallest absolute Gasteiger partial charge is 0.354 e. The number of ether oxygens (including phenoxy) is 1. The van der Waals surface area contributed by atoms with Crippen LogP contribution >= 0.6 is 0 Å². The van der Waals surface area contributed by atoms with E-state index in [2.05, 4.69) is 5.32 Å². The van der Waals surface area contributed by atoms with Crippen LogP contribution in [0.25, 0.3) is 0 Å². The quantitative estimate of drug-likeness (QED) is 0.743. The van der Waals surface area contributed by atoms with Crippen molar-refractivity contribution in [3.05, 3.63) is 29.8 Å². The fraction of sp³-hybridized carbons (Fsp3) is 0.500. The predicted octanol–water partition coefficient (Wildman–Crippen LogP) is 1.20. The van der Waals surface area contributed by atoms with Gasteiger partial charge in [0.15, 0.2) is 6.61 Å². The molecule has 8 nitrogen and oxygen atoms in total. The minimum Gasteiger partial charge on any atom is -0.452 e. The maximum absolute atomic E-state index is 13.2. The van der Waals surface area contributed by atoms with Crippen LogP contribution in [0.1, 0.15) is 49.4 Å². The van der Waals surface area contributed by atoms with Crippen LogP contribution in [-0.2, 0) is 19.1 Å². The molecule has 1 saturated heterocycles. The molecule has 4 rings (SSSR count). The van der Waals surface area contributed by atoms with Gasteiger partial charge in [-0.1, -0.05) is 19.1 Å². The maximum Gasteiger partial charge on any atom is 0.354 e. The fourth-order valence-corrected chi connectivity index (χ4v) is 4.07. The number of fused-ring (bicyclic) bond motifs is 3. The van der Waals surface area contributed by atoms with Crippen molar-refractivity contribution in [3.8, 4) is 0 Å². The molecule has 1 aromatic rings. The van der Waals surface area contributed by atoms with Gasteiger partial charge in [-0.15, -0.1) is 0 Å². The maximum atomic E-state index is 13.2. The highest BCUT2D eigenvalue weighted by molar-refractivity contribution is 6.15. The molecule has 1 saturated carbocycles. The molecule has 2 heterocycles. The number of para-hydroxylation sites is 1. The molecule has 0 unspecified atom stereocenters. The van der Waals surface area contributed by atoms with Gasteiger partial charge >= 0.3 is 5.97 Å². The Bertz CT molecular complexity index is 850. The van der Waals surface area contributed by atoms with E-state index in [0.29, 0.717) is 17.8 Å². The van der Waals surface area contributed by atoms with Crippen LogP contribution in [0.4, 0.5) is 5.69 Å². The topological polar surface area (TPSA) is 96.0 Å². The number of nitrogens with one attached hydrogen (secondary N) is 1. The molecule has 2 fully saturated rings. The van der Waals surface area contributed by atoms with E-state index in [9.17, 15) is 19.2 Å². The number of anilines is 1. The number of nitrogens with zero attached hydrogens (tertiary/aromatic N) is 2. The first kappa shape index (κ1) is 18.5. The van der Waals surface area contributed by atoms with Crippen molar-refractivity contribution in [1.82, 2.24) is 10.2 Å². The van der Waals surface area contributed by atoms with Crippen LogP contribution < -0.4 is 10.2 Å². The van der Waals surface area contributed by atoms with Crippen LogP contribution in [0.5, 0.6) is 0 Å². The Kier molecular flexibility index (Phi) is 4.56. The first-order valence-electron chi connectivity index (χ1n) is 9.70. The van der Waals surface area contributed by atoms with Crippen LogP contribution in [0, 0.1) is 0 Å². The molecule has 0 radical (unpaired) electrons. The third-order valence-electron chi connectivity index (χ3n) is 5.44. The van der Waals surface area contributed by atoms with Crippen LogP contribution in [0.3, 0.4) is 0 Å². The Labute approximate surface area is 162 Å². The molecule has 3 aliphatic rings. The van der Waals surface area contributed by atoms with E-state index >= 15 is 0 Å². The monoisotopic (exact) mass is 385 g/mol. The first-order valence-corrected chi connectivity index (χ1v) is 9.70. The van der Waals surface area contributed by atoms with E-state index < -0.39 is 24.1 Å². The summed E-state index contributed by atoms with van der Waals surface area (Å²) in [6.45, 7) is 1.98. The summed E-state index contributed by atoms with van der Waals surface area (Å²) in [6, 6.07) is 6.73. The third kappa shape index (κ3) is 2.75. The molecule has 0 aromatic heterocycles. The van der Waals surface area contributed by atoms with Gasteiger partial charge in [0.2, 0.25) is 11.6 Å². The average Bonchev–Trinajstić information content (AvgIpc) is 3.47. The zero-order valence-corrected chi connectivity index (χ0v) is 15.8. The van der Waals surface area contributed by atoms with Gasteiger partial charge in [-0.2, -0.15) is 0 Å². The number of rotatable bonds is 6. The lowest BCUT2D eigenvalue weighted by molar-refractivity contribution is -0.160. The molecule has 1 N–H and O–H groups in total. The van der Waals surface area contributed by atoms with E-state index in [1.165, 1.54) is 9.80 Å². The minimum absolute atomic E-state index is 0.101. The van der Waals surface area contributed by atoms with Crippen molar-refractivity contribution < 1.29 is 23.9 Å². The van der Waals surface area contributed by atoms with Crippen LogP contribution in [-0.4, -0.2) is 53.4 Å². The molecule has 1 aromatic carbocycles. The number of carbonyl (C=O) groups excluding carboxylic acids is 4. The standard InChI is InChI=1S/C20H23N3O5/c1-2-11-21-16(24)12-28-19(27)20-10-9-17(25)23(20)15-6-4-3-5-14(15)18(26)22(20)13-7-8-13/h3-6,13H,2,7-12H2,1H3,(H,21,24)/t20-/m1/s1. The van der Waals surface area contributed by atoms with Crippen molar-refractivity contribution in [2.75, 3.05) is 18.1 Å². The Morgan fingerprint density at radius 1 is 1.25 bits per heavy atom. The van der Waals surface area contributed by atoms with E-state index in [1.54, 1.807) is 24.3 Å². The average molecular weight is 385 g/mol. The number of benzene rings is 1. The molecule has 2 aliphatic heterocycles. The van der Waals surface area contributed by atoms with Crippen molar-refractivity contribution in [2.45, 2.75) is 50.7 Å². The molecule has 148 valence electrons. The number of esters is 1. The zero-order valence-electron chi connectivity index (χ0n) is 15.8. The van der Waals surface area contributed by atoms with Gasteiger partial charge in [0, 0.05) is 25.4 Å². The Morgan fingerprint density at radius 2 is 2.00 bits per heavy atom. The highest BCUT2D eigenvalue weighted by Gasteiger charge is 2.64. The van der Waals surface area contributed by atoms with Gasteiger partial charge < -0.3 is 15.0 Å². The Morgan fingerprint density at radius 3 is 2.71 bits per heavy atom. The van der Waals surface area contributed by atoms with Crippen molar-refractivity contribution in [1.29, 1.82) is 0 Å². The largest absolute Gasteiger partial charge is 0.452 e. The second kappa shape index (κ2) is 6.92. The molecule has 0 spiro atoms. The summed E-state index contributed by atoms with van der Waals surface area (Å²) < 4.78 is 5.33. The molecule has 0 bridgehead atoms. The number of amides is 3. The lowest BCUT2D eigenvalue weighted by atomic mass is 9.96. The first-order chi connectivity index (χ1) is 13.5.